The molecule has 48 valence electrons. The van der Waals surface area contributed by atoms with Gasteiger partial charge in [-0.05, 0) is 13.5 Å². The topological polar surface area (TPSA) is 15.3 Å². The summed E-state index contributed by atoms with van der Waals surface area (Å²) in [6.45, 7) is 1.40. The predicted octanol–water partition coefficient (Wildman–Crippen LogP) is 0.165. The van der Waals surface area contributed by atoms with Crippen LogP contribution in [0.1, 0.15) is 6.42 Å². The Morgan fingerprint density at radius 1 is 1.75 bits per heavy atom. The lowest BCUT2D eigenvalue weighted by Crippen LogP contribution is -2.32. The quantitative estimate of drug-likeness (QED) is 0.527. The van der Waals surface area contributed by atoms with Gasteiger partial charge in [-0.2, -0.15) is 0 Å². The highest BCUT2D eigenvalue weighted by molar-refractivity contribution is 4.70. The van der Waals surface area contributed by atoms with Gasteiger partial charge >= 0.3 is 0 Å². The van der Waals surface area contributed by atoms with Gasteiger partial charge in [-0.1, -0.05) is 0 Å². The van der Waals surface area contributed by atoms with E-state index in [2.05, 4.69) is 5.43 Å². The summed E-state index contributed by atoms with van der Waals surface area (Å²) in [5, 5.41) is 1.88. The van der Waals surface area contributed by atoms with Crippen molar-refractivity contribution in [1.82, 2.24) is 10.4 Å². The molecule has 3 heteroatoms. The third-order valence-electron chi connectivity index (χ3n) is 1.45. The Hall–Kier alpha value is -0.150. The molecule has 0 amide bonds. The molecule has 0 aliphatic carbocycles. The van der Waals surface area contributed by atoms with Gasteiger partial charge in [-0.15, -0.1) is 0 Å². The first kappa shape index (κ1) is 5.98. The minimum absolute atomic E-state index is 0.552. The number of alkyl halides is 1. The molecule has 0 aromatic carbocycles. The monoisotopic (exact) mass is 118 g/mol. The summed E-state index contributed by atoms with van der Waals surface area (Å²) in [6.07, 6.45) is 0.0725. The first-order valence-electron chi connectivity index (χ1n) is 2.89. The van der Waals surface area contributed by atoms with Crippen molar-refractivity contribution in [3.8, 4) is 0 Å². The Morgan fingerprint density at radius 3 is 2.75 bits per heavy atom. The van der Waals surface area contributed by atoms with E-state index in [1.54, 1.807) is 0 Å². The van der Waals surface area contributed by atoms with Crippen LogP contribution in [0.4, 0.5) is 4.39 Å². The van der Waals surface area contributed by atoms with Gasteiger partial charge in [0.25, 0.3) is 0 Å². The molecule has 0 aromatic heterocycles. The van der Waals surface area contributed by atoms with Gasteiger partial charge in [-0.3, -0.25) is 5.43 Å². The number of rotatable bonds is 1. The second kappa shape index (κ2) is 2.42. The molecule has 1 aliphatic heterocycles. The molecule has 1 fully saturated rings. The molecule has 0 radical (unpaired) electrons. The van der Waals surface area contributed by atoms with Crippen LogP contribution in [-0.4, -0.2) is 31.3 Å². The Labute approximate surface area is 48.6 Å². The molecule has 1 rings (SSSR count). The molecule has 1 unspecified atom stereocenters. The molecule has 1 heterocycles. The number of hydrogen-bond acceptors (Lipinski definition) is 2. The third kappa shape index (κ3) is 1.17. The van der Waals surface area contributed by atoms with Gasteiger partial charge < -0.3 is 0 Å². The molecule has 0 bridgehead atoms. The summed E-state index contributed by atoms with van der Waals surface area (Å²) in [7, 11) is 1.82. The first-order valence-corrected chi connectivity index (χ1v) is 2.89. The largest absolute Gasteiger partial charge is 0.258 e. The maximum Gasteiger partial charge on any atom is 0.115 e. The molecular formula is C5H11FN2. The molecule has 1 saturated heterocycles. The second-order valence-electron chi connectivity index (χ2n) is 2.06. The minimum Gasteiger partial charge on any atom is -0.258 e. The zero-order chi connectivity index (χ0) is 5.98. The highest BCUT2D eigenvalue weighted by atomic mass is 19.1. The summed E-state index contributed by atoms with van der Waals surface area (Å²) in [6, 6.07) is 0. The average Bonchev–Trinajstić information content (AvgIpc) is 2.14. The van der Waals surface area contributed by atoms with Crippen LogP contribution in [0, 0.1) is 0 Å². The Balaban J connectivity index is 2.22. The van der Waals surface area contributed by atoms with Crippen LogP contribution in [0.25, 0.3) is 0 Å². The lowest BCUT2D eigenvalue weighted by Gasteiger charge is -2.10. The number of hydrazine groups is 1. The van der Waals surface area contributed by atoms with Crippen molar-refractivity contribution in [3.63, 3.8) is 0 Å². The van der Waals surface area contributed by atoms with Crippen molar-refractivity contribution >= 4 is 0 Å². The van der Waals surface area contributed by atoms with Crippen LogP contribution in [0.5, 0.6) is 0 Å². The summed E-state index contributed by atoms with van der Waals surface area (Å²) in [5.74, 6) is 0. The molecule has 1 atom stereocenters. The van der Waals surface area contributed by atoms with Crippen LogP contribution in [0.15, 0.2) is 0 Å². The fourth-order valence-corrected chi connectivity index (χ4v) is 0.921. The Bertz CT molecular complexity index is 76.8. The molecule has 2 nitrogen and oxygen atoms in total. The van der Waals surface area contributed by atoms with E-state index < -0.39 is 6.17 Å². The predicted molar refractivity (Wildman–Crippen MR) is 30.1 cm³/mol. The van der Waals surface area contributed by atoms with Gasteiger partial charge in [0.15, 0.2) is 0 Å². The number of halogens is 1. The fourth-order valence-electron chi connectivity index (χ4n) is 0.921. The zero-order valence-corrected chi connectivity index (χ0v) is 5.02. The van der Waals surface area contributed by atoms with Crippen LogP contribution >= 0.6 is 0 Å². The van der Waals surface area contributed by atoms with Crippen LogP contribution in [0.2, 0.25) is 0 Å². The van der Waals surface area contributed by atoms with E-state index in [-0.39, 0.29) is 0 Å². The van der Waals surface area contributed by atoms with E-state index in [4.69, 9.17) is 0 Å². The average molecular weight is 118 g/mol. The Morgan fingerprint density at radius 2 is 2.50 bits per heavy atom. The summed E-state index contributed by atoms with van der Waals surface area (Å²) in [5.41, 5.74) is 2.89. The highest BCUT2D eigenvalue weighted by Crippen LogP contribution is 2.08. The molecule has 0 spiro atoms. The van der Waals surface area contributed by atoms with Gasteiger partial charge in [-0.25, -0.2) is 9.40 Å². The molecule has 8 heavy (non-hydrogen) atoms. The second-order valence-corrected chi connectivity index (χ2v) is 2.06. The SMILES string of the molecule is CNN1CCC(F)C1. The lowest BCUT2D eigenvalue weighted by molar-refractivity contribution is 0.234. The van der Waals surface area contributed by atoms with Gasteiger partial charge in [0.1, 0.15) is 6.17 Å². The normalized spacial score (nSPS) is 31.5. The summed E-state index contributed by atoms with van der Waals surface area (Å²) < 4.78 is 12.3. The van der Waals surface area contributed by atoms with Crippen LogP contribution in [-0.2, 0) is 0 Å². The molecule has 1 N–H and O–H groups in total. The maximum atomic E-state index is 12.3. The zero-order valence-electron chi connectivity index (χ0n) is 5.02. The van der Waals surface area contributed by atoms with Crippen molar-refractivity contribution in [3.05, 3.63) is 0 Å². The van der Waals surface area contributed by atoms with E-state index in [1.807, 2.05) is 12.1 Å². The lowest BCUT2D eigenvalue weighted by atomic mass is 10.4. The van der Waals surface area contributed by atoms with Crippen LogP contribution in [0.3, 0.4) is 0 Å². The molecule has 0 aromatic rings. The van der Waals surface area contributed by atoms with Crippen LogP contribution < -0.4 is 5.43 Å². The van der Waals surface area contributed by atoms with E-state index in [0.717, 1.165) is 6.54 Å². The number of hydrogen-bond donors (Lipinski definition) is 1. The fraction of sp³-hybridized carbons (Fsp3) is 1.00. The smallest absolute Gasteiger partial charge is 0.115 e. The minimum atomic E-state index is -0.609. The number of nitrogens with one attached hydrogen (secondary N) is 1. The third-order valence-corrected chi connectivity index (χ3v) is 1.45. The Kier molecular flexibility index (Phi) is 1.81. The molecular weight excluding hydrogens is 107 g/mol. The van der Waals surface area contributed by atoms with Gasteiger partial charge in [0.2, 0.25) is 0 Å². The highest BCUT2D eigenvalue weighted by Gasteiger charge is 2.19. The van der Waals surface area contributed by atoms with E-state index in [9.17, 15) is 4.39 Å². The standard InChI is InChI=1S/C5H11FN2/c1-7-8-3-2-5(6)4-8/h5,7H,2-4H2,1H3. The van der Waals surface area contributed by atoms with E-state index in [0.29, 0.717) is 13.0 Å². The van der Waals surface area contributed by atoms with Crippen molar-refractivity contribution in [2.24, 2.45) is 0 Å². The molecule has 0 saturated carbocycles. The van der Waals surface area contributed by atoms with Gasteiger partial charge in [0, 0.05) is 13.1 Å². The van der Waals surface area contributed by atoms with Gasteiger partial charge in [0.05, 0.1) is 0 Å². The van der Waals surface area contributed by atoms with Crippen molar-refractivity contribution in [2.75, 3.05) is 20.1 Å². The summed E-state index contributed by atoms with van der Waals surface area (Å²) >= 11 is 0. The van der Waals surface area contributed by atoms with Crippen molar-refractivity contribution in [1.29, 1.82) is 0 Å². The maximum absolute atomic E-state index is 12.3. The van der Waals surface area contributed by atoms with Crippen molar-refractivity contribution in [2.45, 2.75) is 12.6 Å². The number of nitrogens with zero attached hydrogens (tertiary/aromatic N) is 1. The molecule has 1 aliphatic rings. The van der Waals surface area contributed by atoms with E-state index >= 15 is 0 Å². The van der Waals surface area contributed by atoms with Crippen molar-refractivity contribution < 1.29 is 4.39 Å². The first-order chi connectivity index (χ1) is 3.83. The van der Waals surface area contributed by atoms with E-state index in [1.165, 1.54) is 0 Å². The summed E-state index contributed by atoms with van der Waals surface area (Å²) in [4.78, 5) is 0.